The van der Waals surface area contributed by atoms with E-state index in [0.29, 0.717) is 11.6 Å². The summed E-state index contributed by atoms with van der Waals surface area (Å²) in [7, 11) is 10.00. The van der Waals surface area contributed by atoms with Crippen LogP contribution in [0.3, 0.4) is 0 Å². The van der Waals surface area contributed by atoms with Crippen molar-refractivity contribution >= 4 is 39.5 Å². The summed E-state index contributed by atoms with van der Waals surface area (Å²) in [6.45, 7) is 24.8. The van der Waals surface area contributed by atoms with E-state index in [4.69, 9.17) is 5.11 Å². The van der Waals surface area contributed by atoms with Crippen LogP contribution in [0.25, 0.3) is 56.8 Å². The van der Waals surface area contributed by atoms with Crippen molar-refractivity contribution in [3.63, 3.8) is 0 Å². The topological polar surface area (TPSA) is 225 Å². The Balaban J connectivity index is 0.000000232. The summed E-state index contributed by atoms with van der Waals surface area (Å²) in [6, 6.07) is 91.9. The second kappa shape index (κ2) is 57.0. The molecule has 0 aliphatic carbocycles. The van der Waals surface area contributed by atoms with Crippen LogP contribution in [0.2, 0.25) is 0 Å². The number of halogens is 4. The fraction of sp³-hybridized carbons (Fsp3) is 0.165. The van der Waals surface area contributed by atoms with Crippen LogP contribution < -0.4 is 44.7 Å². The van der Waals surface area contributed by atoms with E-state index in [1.807, 2.05) is 411 Å². The maximum Gasteiger partial charge on any atom is 3.00 e. The smallest absolute Gasteiger partial charge is 0.573 e. The molecule has 136 heavy (non-hydrogen) atoms. The quantitative estimate of drug-likeness (QED) is 0.0886. The van der Waals surface area contributed by atoms with Crippen LogP contribution in [-0.2, 0) is 117 Å². The van der Waals surface area contributed by atoms with E-state index in [2.05, 4.69) is 137 Å². The molecule has 24 nitrogen and oxygen atoms in total. The number of hydrogen-bond donors (Lipinski definition) is 1. The Kier molecular flexibility index (Phi) is 47.1. The number of aryl methyl sites for hydroxylation is 1. The largest absolute Gasteiger partial charge is 3.00 e. The van der Waals surface area contributed by atoms with Gasteiger partial charge >= 0.3 is 80.4 Å². The number of fused-ring (bicyclic) bond motifs is 1. The third-order valence-electron chi connectivity index (χ3n) is 18.7. The van der Waals surface area contributed by atoms with Crippen LogP contribution in [0.5, 0.6) is 0 Å². The molecule has 0 unspecified atom stereocenters. The molecule has 1 radical (unpaired) electrons. The van der Waals surface area contributed by atoms with Gasteiger partial charge in [-0.1, -0.05) is 126 Å². The van der Waals surface area contributed by atoms with E-state index in [1.54, 1.807) is 37.2 Å². The fourth-order valence-corrected chi connectivity index (χ4v) is 11.8. The number of anilines is 5. The third kappa shape index (κ3) is 35.2. The molecule has 0 atom stereocenters. The minimum Gasteiger partial charge on any atom is -0.573 e. The molecule has 20 rings (SSSR count). The number of alkyl halides is 4. The molecule has 5 aliphatic heterocycles. The van der Waals surface area contributed by atoms with Crippen LogP contribution in [-0.4, -0.2) is 123 Å². The maximum atomic E-state index is 12.2. The van der Waals surface area contributed by atoms with Gasteiger partial charge in [-0.15, -0.1) is 28.4 Å². The average Bonchev–Trinajstić information content (AvgIpc) is 1.77. The average molecular weight is 2710 g/mol. The summed E-state index contributed by atoms with van der Waals surface area (Å²) in [5.41, 5.74) is 11.3. The summed E-state index contributed by atoms with van der Waals surface area (Å²) >= 11 is 0. The number of rotatable bonds is 12. The van der Waals surface area contributed by atoms with Crippen molar-refractivity contribution in [2.75, 3.05) is 59.7 Å². The van der Waals surface area contributed by atoms with Gasteiger partial charge in [-0.3, -0.25) is 24.9 Å². The first-order chi connectivity index (χ1) is 63.2. The van der Waals surface area contributed by atoms with Crippen LogP contribution in [0, 0.1) is 70.6 Å². The zero-order chi connectivity index (χ0) is 93.0. The van der Waals surface area contributed by atoms with Crippen LogP contribution >= 0.6 is 0 Å². The molecule has 33 heteroatoms. The molecule has 0 bridgehead atoms. The molecular formula is C103H101F4Ir5N23O-2. The normalized spacial score (nSPS) is 12.9. The Hall–Kier alpha value is -12.2. The van der Waals surface area contributed by atoms with Crippen LogP contribution in [0.1, 0.15) is 64.2 Å². The molecule has 0 fully saturated rings. The SMILES string of the molecule is CC(C)(C)c1cc(-c2ccccn2)[n-]n1.CN1C=CN(c2[c-]cccc2)[CH-]1.CN1C=CN(c2[c-]cccc2)[CH-]1.CN1C=CN(c2[c-]cccc2)[CH-]1.CN1C=CN(c2[c-]cccc2)[CH-]1.CN1C=CN(c2[c-]cccc2)[CH-]1.Cc1ccnc(-c2cc(C(C)(C)C)n[n-]2)c1.OC(c1ccccn1)(C(F)F)C(F)F.[Ir+3].[Ir+3].[Ir+3].[Ir+3].[Ir].c1ccc(-c2nc3ccccc3[n-]2)nc1.c1ccc(-c2ncc[n-]2)nc1. The number of nitrogens with zero attached hydrogens (tertiary/aromatic N) is 23. The minimum atomic E-state index is -3.59. The Morgan fingerprint density at radius 3 is 0.963 bits per heavy atom. The number of benzene rings is 6. The van der Waals surface area contributed by atoms with Crippen molar-refractivity contribution in [2.45, 2.75) is 77.7 Å². The monoisotopic (exact) mass is 2720 g/mol. The van der Waals surface area contributed by atoms with Crippen LogP contribution in [0.15, 0.2) is 348 Å². The van der Waals surface area contributed by atoms with E-state index in [1.165, 1.54) is 17.7 Å². The van der Waals surface area contributed by atoms with E-state index in [-0.39, 0.29) is 111 Å². The standard InChI is InChI=1S/C13H16N3.C12H8N3.C12H14N3.5C10H10N2.C8H7F4NO.C8H6N3.5Ir/c1-9-5-6-14-10(7-9)11-8-12(16-15-11)13(2,3)4;1-2-6-10-9(5-1)14-12(15-10)11-7-3-4-8-13-11;1-12(2,3)11-8-10(14-15-11)9-6-4-5-7-13-9;5*1-11-7-8-12(9-11)10-5-3-2-4-6-10;9-6(10)8(14,7(11)12)5-3-1-2-4-13-5;1-2-4-9-7(3-1)8-10-5-6-11-8;;;;;/h5-8H,1-4H3;1-8H;4-8H,1-3H3;5*2-5,7-9H,1H3;1-4,6-7,14H;1-6H;;;;;/q3*-1;5*-2;;-1;;4*+3. The van der Waals surface area contributed by atoms with Gasteiger partial charge in [-0.05, 0) is 193 Å². The van der Waals surface area contributed by atoms with Crippen molar-refractivity contribution < 1.29 is 123 Å². The van der Waals surface area contributed by atoms with E-state index in [9.17, 15) is 17.6 Å². The molecule has 0 saturated heterocycles. The Morgan fingerprint density at radius 1 is 0.346 bits per heavy atom. The van der Waals surface area contributed by atoms with Gasteiger partial charge < -0.3 is 94.4 Å². The molecule has 14 heterocycles. The van der Waals surface area contributed by atoms with Gasteiger partial charge in [0, 0.05) is 84.7 Å². The van der Waals surface area contributed by atoms with Crippen molar-refractivity contribution in [3.05, 3.63) is 434 Å². The van der Waals surface area contributed by atoms with Gasteiger partial charge in [0.15, 0.2) is 0 Å². The third-order valence-corrected chi connectivity index (χ3v) is 18.7. The first-order valence-corrected chi connectivity index (χ1v) is 41.5. The molecule has 0 saturated carbocycles. The van der Waals surface area contributed by atoms with Gasteiger partial charge in [-0.2, -0.15) is 185 Å². The number of pyridine rings is 5. The zero-order valence-electron chi connectivity index (χ0n) is 76.4. The molecule has 9 aromatic heterocycles. The molecule has 709 valence electrons. The molecule has 1 N–H and O–H groups in total. The second-order valence-electron chi connectivity index (χ2n) is 31.3. The molecule has 0 amide bonds. The molecule has 5 aliphatic rings. The predicted octanol–water partition coefficient (Wildman–Crippen LogP) is 19.4. The summed E-state index contributed by atoms with van der Waals surface area (Å²) in [4.78, 5) is 57.1. The van der Waals surface area contributed by atoms with Gasteiger partial charge in [0.1, 0.15) is 0 Å². The number of aliphatic hydroxyl groups is 1. The summed E-state index contributed by atoms with van der Waals surface area (Å²) < 4.78 is 49.0. The Morgan fingerprint density at radius 2 is 0.676 bits per heavy atom. The molecular weight excluding hydrogens is 2610 g/mol. The number of aromatic nitrogens is 13. The Bertz CT molecular complexity index is 5560. The minimum absolute atomic E-state index is 0. The summed E-state index contributed by atoms with van der Waals surface area (Å²) in [5, 5.41) is 25.8. The molecule has 0 spiro atoms. The predicted molar refractivity (Wildman–Crippen MR) is 508 cm³/mol. The fourth-order valence-electron chi connectivity index (χ4n) is 11.8. The molecule has 6 aromatic carbocycles. The summed E-state index contributed by atoms with van der Waals surface area (Å²) in [6.07, 6.45) is 24.3. The Labute approximate surface area is 862 Å². The van der Waals surface area contributed by atoms with Gasteiger partial charge in [0.2, 0.25) is 5.60 Å². The zero-order valence-corrected chi connectivity index (χ0v) is 88.3. The van der Waals surface area contributed by atoms with Gasteiger partial charge in [0.05, 0.1) is 17.1 Å². The van der Waals surface area contributed by atoms with Crippen molar-refractivity contribution in [2.24, 2.45) is 0 Å². The number of para-hydroxylation sites is 7. The maximum absolute atomic E-state index is 12.2. The van der Waals surface area contributed by atoms with Crippen molar-refractivity contribution in [3.8, 4) is 45.8 Å². The van der Waals surface area contributed by atoms with Crippen LogP contribution in [0.4, 0.5) is 46.0 Å². The first-order valence-electron chi connectivity index (χ1n) is 41.5. The second-order valence-corrected chi connectivity index (χ2v) is 31.3. The number of imidazole rings is 2. The van der Waals surface area contributed by atoms with E-state index in [0.717, 1.165) is 97.3 Å². The van der Waals surface area contributed by atoms with Gasteiger partial charge in [-0.25, -0.2) is 17.6 Å². The van der Waals surface area contributed by atoms with Gasteiger partial charge in [0.25, 0.3) is 12.9 Å². The van der Waals surface area contributed by atoms with Crippen molar-refractivity contribution in [1.29, 1.82) is 0 Å². The van der Waals surface area contributed by atoms with Crippen molar-refractivity contribution in [1.82, 2.24) is 89.8 Å². The summed E-state index contributed by atoms with van der Waals surface area (Å²) in [5.74, 6) is 1.38. The van der Waals surface area contributed by atoms with E-state index >= 15 is 0 Å². The molecule has 15 aromatic rings. The van der Waals surface area contributed by atoms with E-state index < -0.39 is 24.1 Å². The number of hydrogen-bond acceptors (Lipinski definition) is 20. The first kappa shape index (κ1) is 113.